The molecule has 0 heterocycles. The Morgan fingerprint density at radius 3 is 2.38 bits per heavy atom. The Balaban J connectivity index is 2.20. The number of ether oxygens (including phenoxy) is 1. The smallest absolute Gasteiger partial charge is 0.131 e. The fourth-order valence-corrected chi connectivity index (χ4v) is 1.42. The minimum absolute atomic E-state index is 0.187. The summed E-state index contributed by atoms with van der Waals surface area (Å²) in [7, 11) is 0. The quantitative estimate of drug-likeness (QED) is 0.827. The van der Waals surface area contributed by atoms with E-state index in [1.54, 1.807) is 24.3 Å². The van der Waals surface area contributed by atoms with Crippen LogP contribution in [0.5, 0.6) is 17.2 Å². The van der Waals surface area contributed by atoms with E-state index in [1.165, 1.54) is 0 Å². The van der Waals surface area contributed by atoms with Crippen molar-refractivity contribution >= 4 is 0 Å². The first-order chi connectivity index (χ1) is 7.78. The summed E-state index contributed by atoms with van der Waals surface area (Å²) in [5.74, 6) is 1.51. The number of phenols is 1. The van der Waals surface area contributed by atoms with Crippen molar-refractivity contribution in [1.82, 2.24) is 0 Å². The van der Waals surface area contributed by atoms with Gasteiger partial charge in [0, 0.05) is 12.6 Å². The lowest BCUT2D eigenvalue weighted by atomic mass is 10.2. The molecule has 0 saturated heterocycles. The zero-order valence-electron chi connectivity index (χ0n) is 8.76. The summed E-state index contributed by atoms with van der Waals surface area (Å²) in [6.07, 6.45) is 0. The highest BCUT2D eigenvalue weighted by atomic mass is 16.5. The second kappa shape index (κ2) is 4.68. The van der Waals surface area contributed by atoms with Crippen LogP contribution in [-0.2, 0) is 6.54 Å². The van der Waals surface area contributed by atoms with Crippen LogP contribution in [0.4, 0.5) is 0 Å². The van der Waals surface area contributed by atoms with E-state index in [4.69, 9.17) is 10.5 Å². The highest BCUT2D eigenvalue weighted by Crippen LogP contribution is 2.24. The number of phenolic OH excluding ortho intramolecular Hbond substituents is 1. The third kappa shape index (κ3) is 2.52. The average Bonchev–Trinajstić information content (AvgIpc) is 2.29. The Morgan fingerprint density at radius 1 is 1.00 bits per heavy atom. The van der Waals surface area contributed by atoms with Crippen molar-refractivity contribution < 1.29 is 9.84 Å². The Morgan fingerprint density at radius 2 is 1.69 bits per heavy atom. The summed E-state index contributed by atoms with van der Waals surface area (Å²) < 4.78 is 5.59. The van der Waals surface area contributed by atoms with Crippen molar-refractivity contribution in [2.24, 2.45) is 5.73 Å². The molecule has 82 valence electrons. The minimum Gasteiger partial charge on any atom is -0.508 e. The predicted molar refractivity (Wildman–Crippen MR) is 62.5 cm³/mol. The maximum absolute atomic E-state index is 9.29. The van der Waals surface area contributed by atoms with Crippen molar-refractivity contribution in [1.29, 1.82) is 0 Å². The normalized spacial score (nSPS) is 10.1. The van der Waals surface area contributed by atoms with Crippen LogP contribution >= 0.6 is 0 Å². The van der Waals surface area contributed by atoms with Gasteiger partial charge in [-0.3, -0.25) is 0 Å². The lowest BCUT2D eigenvalue weighted by Gasteiger charge is -2.06. The summed E-state index contributed by atoms with van der Waals surface area (Å²) in [6.45, 7) is 0.483. The van der Waals surface area contributed by atoms with Gasteiger partial charge >= 0.3 is 0 Å². The summed E-state index contributed by atoms with van der Waals surface area (Å²) in [5, 5.41) is 9.29. The Hall–Kier alpha value is -2.00. The van der Waals surface area contributed by atoms with Crippen LogP contribution in [0.1, 0.15) is 5.56 Å². The van der Waals surface area contributed by atoms with Crippen LogP contribution < -0.4 is 10.5 Å². The molecule has 0 unspecified atom stereocenters. The topological polar surface area (TPSA) is 55.5 Å². The second-order valence-corrected chi connectivity index (χ2v) is 3.45. The van der Waals surface area contributed by atoms with Crippen LogP contribution in [0.25, 0.3) is 0 Å². The SMILES string of the molecule is NCc1cccc(Oc2cccc(O)c2)c1. The number of benzene rings is 2. The molecule has 3 N–H and O–H groups in total. The molecule has 0 bridgehead atoms. The number of rotatable bonds is 3. The van der Waals surface area contributed by atoms with E-state index in [1.807, 2.05) is 24.3 Å². The van der Waals surface area contributed by atoms with Gasteiger partial charge < -0.3 is 15.6 Å². The van der Waals surface area contributed by atoms with Crippen molar-refractivity contribution in [3.05, 3.63) is 54.1 Å². The van der Waals surface area contributed by atoms with Crippen LogP contribution in [0.2, 0.25) is 0 Å². The van der Waals surface area contributed by atoms with Gasteiger partial charge in [0.15, 0.2) is 0 Å². The van der Waals surface area contributed by atoms with E-state index < -0.39 is 0 Å². The van der Waals surface area contributed by atoms with Gasteiger partial charge in [0.25, 0.3) is 0 Å². The van der Waals surface area contributed by atoms with Crippen LogP contribution in [0, 0.1) is 0 Å². The maximum atomic E-state index is 9.29. The van der Waals surface area contributed by atoms with Gasteiger partial charge in [-0.25, -0.2) is 0 Å². The molecule has 2 aromatic carbocycles. The third-order valence-electron chi connectivity index (χ3n) is 2.19. The van der Waals surface area contributed by atoms with Crippen molar-refractivity contribution in [3.8, 4) is 17.2 Å². The van der Waals surface area contributed by atoms with Crippen LogP contribution in [-0.4, -0.2) is 5.11 Å². The fraction of sp³-hybridized carbons (Fsp3) is 0.0769. The largest absolute Gasteiger partial charge is 0.508 e. The first-order valence-electron chi connectivity index (χ1n) is 5.04. The Labute approximate surface area is 94.1 Å². The Kier molecular flexibility index (Phi) is 3.08. The number of aromatic hydroxyl groups is 1. The molecule has 0 aromatic heterocycles. The lowest BCUT2D eigenvalue weighted by molar-refractivity contribution is 0.455. The van der Waals surface area contributed by atoms with E-state index in [-0.39, 0.29) is 5.75 Å². The van der Waals surface area contributed by atoms with Crippen LogP contribution in [0.15, 0.2) is 48.5 Å². The number of hydrogen-bond donors (Lipinski definition) is 2. The fourth-order valence-electron chi connectivity index (χ4n) is 1.42. The molecule has 0 spiro atoms. The minimum atomic E-state index is 0.187. The molecule has 16 heavy (non-hydrogen) atoms. The number of nitrogens with two attached hydrogens (primary N) is 1. The molecule has 0 atom stereocenters. The van der Waals surface area contributed by atoms with Crippen molar-refractivity contribution in [3.63, 3.8) is 0 Å². The molecule has 2 rings (SSSR count). The van der Waals surface area contributed by atoms with Gasteiger partial charge in [-0.2, -0.15) is 0 Å². The zero-order chi connectivity index (χ0) is 11.4. The van der Waals surface area contributed by atoms with Gasteiger partial charge in [0.1, 0.15) is 17.2 Å². The first kappa shape index (κ1) is 10.5. The first-order valence-corrected chi connectivity index (χ1v) is 5.04. The summed E-state index contributed by atoms with van der Waals surface area (Å²) in [5.41, 5.74) is 6.55. The van der Waals surface area contributed by atoms with Gasteiger partial charge in [-0.15, -0.1) is 0 Å². The van der Waals surface area contributed by atoms with Gasteiger partial charge in [0.2, 0.25) is 0 Å². The van der Waals surface area contributed by atoms with E-state index in [2.05, 4.69) is 0 Å². The molecule has 0 aliphatic rings. The highest BCUT2D eigenvalue weighted by Gasteiger charge is 1.99. The van der Waals surface area contributed by atoms with Crippen molar-refractivity contribution in [2.75, 3.05) is 0 Å². The molecule has 3 nitrogen and oxygen atoms in total. The second-order valence-electron chi connectivity index (χ2n) is 3.45. The molecule has 3 heteroatoms. The molecule has 0 saturated carbocycles. The van der Waals surface area contributed by atoms with Gasteiger partial charge in [-0.1, -0.05) is 18.2 Å². The molecule has 0 aliphatic carbocycles. The summed E-state index contributed by atoms with van der Waals surface area (Å²) in [4.78, 5) is 0. The maximum Gasteiger partial charge on any atom is 0.131 e. The molecule has 0 fully saturated rings. The molecule has 0 amide bonds. The molecule has 0 aliphatic heterocycles. The zero-order valence-corrected chi connectivity index (χ0v) is 8.76. The van der Waals surface area contributed by atoms with Crippen LogP contribution in [0.3, 0.4) is 0 Å². The molecule has 0 radical (unpaired) electrons. The third-order valence-corrected chi connectivity index (χ3v) is 2.19. The molecular weight excluding hydrogens is 202 g/mol. The van der Waals surface area contributed by atoms with Crippen molar-refractivity contribution in [2.45, 2.75) is 6.54 Å². The number of hydrogen-bond acceptors (Lipinski definition) is 3. The van der Waals surface area contributed by atoms with E-state index >= 15 is 0 Å². The highest BCUT2D eigenvalue weighted by molar-refractivity contribution is 5.37. The molecule has 2 aromatic rings. The monoisotopic (exact) mass is 215 g/mol. The van der Waals surface area contributed by atoms with E-state index in [0.717, 1.165) is 5.56 Å². The van der Waals surface area contributed by atoms with E-state index in [0.29, 0.717) is 18.0 Å². The summed E-state index contributed by atoms with van der Waals surface area (Å²) in [6, 6.07) is 14.2. The summed E-state index contributed by atoms with van der Waals surface area (Å²) >= 11 is 0. The predicted octanol–water partition coefficient (Wildman–Crippen LogP) is 2.64. The van der Waals surface area contributed by atoms with E-state index in [9.17, 15) is 5.11 Å². The standard InChI is InChI=1S/C13H13NO2/c14-9-10-3-1-5-12(7-10)16-13-6-2-4-11(15)8-13/h1-8,15H,9,14H2. The lowest BCUT2D eigenvalue weighted by Crippen LogP contribution is -1.95. The Bertz CT molecular complexity index is 483. The molecular formula is C13H13NO2. The van der Waals surface area contributed by atoms with Gasteiger partial charge in [0.05, 0.1) is 0 Å². The van der Waals surface area contributed by atoms with Gasteiger partial charge in [-0.05, 0) is 29.8 Å². The average molecular weight is 215 g/mol.